The Morgan fingerprint density at radius 1 is 0.419 bits per heavy atom. The number of esters is 2. The third-order valence-electron chi connectivity index (χ3n) is 12.1. The van der Waals surface area contributed by atoms with Crippen molar-refractivity contribution in [3.05, 3.63) is 0 Å². The van der Waals surface area contributed by atoms with Gasteiger partial charge in [0.05, 0.1) is 40.3 Å². The van der Waals surface area contributed by atoms with E-state index in [4.69, 9.17) is 18.9 Å². The molecule has 0 aliphatic carbocycles. The van der Waals surface area contributed by atoms with Crippen molar-refractivity contribution in [1.82, 2.24) is 0 Å². The van der Waals surface area contributed by atoms with E-state index in [1.54, 1.807) is 0 Å². The van der Waals surface area contributed by atoms with Gasteiger partial charge in [0.2, 0.25) is 0 Å². The molecule has 0 aromatic rings. The van der Waals surface area contributed by atoms with Gasteiger partial charge < -0.3 is 33.3 Å². The quantitative estimate of drug-likeness (QED) is 0.0257. The minimum Gasteiger partial charge on any atom is -0.545 e. The third-order valence-corrected chi connectivity index (χ3v) is 12.1. The Kier molecular flexibility index (Phi) is 44.6. The number of hydrogen-bond acceptors (Lipinski definition) is 8. The average molecular weight is 882 g/mol. The van der Waals surface area contributed by atoms with Crippen molar-refractivity contribution in [2.75, 3.05) is 47.5 Å². The number of carbonyl (C=O) groups is 3. The molecule has 2 atom stereocenters. The minimum atomic E-state index is -1.61. The molecular weight excluding hydrogens is 779 g/mol. The highest BCUT2D eigenvalue weighted by atomic mass is 16.7. The van der Waals surface area contributed by atoms with Crippen LogP contribution in [0.25, 0.3) is 0 Å². The fourth-order valence-corrected chi connectivity index (χ4v) is 7.95. The van der Waals surface area contributed by atoms with Gasteiger partial charge in [0.15, 0.2) is 12.4 Å². The van der Waals surface area contributed by atoms with Crippen LogP contribution in [0.15, 0.2) is 0 Å². The van der Waals surface area contributed by atoms with E-state index >= 15 is 0 Å². The van der Waals surface area contributed by atoms with Gasteiger partial charge in [0, 0.05) is 12.8 Å². The fourth-order valence-electron chi connectivity index (χ4n) is 7.95. The monoisotopic (exact) mass is 882 g/mol. The second-order valence-corrected chi connectivity index (χ2v) is 19.5. The van der Waals surface area contributed by atoms with Gasteiger partial charge in [-0.3, -0.25) is 9.59 Å². The first-order valence-corrected chi connectivity index (χ1v) is 26.7. The Labute approximate surface area is 383 Å². The predicted molar refractivity (Wildman–Crippen MR) is 256 cm³/mol. The zero-order valence-corrected chi connectivity index (χ0v) is 41.8. The second-order valence-electron chi connectivity index (χ2n) is 19.5. The molecule has 62 heavy (non-hydrogen) atoms. The molecule has 0 fully saturated rings. The molecule has 0 aliphatic heterocycles. The second kappa shape index (κ2) is 45.8. The van der Waals surface area contributed by atoms with E-state index in [1.807, 2.05) is 21.1 Å². The molecule has 0 saturated heterocycles. The van der Waals surface area contributed by atoms with Crippen molar-refractivity contribution in [3.8, 4) is 0 Å². The number of hydrogen-bond donors (Lipinski definition) is 0. The standard InChI is InChI=1S/C53H103NO8/c1-6-8-10-12-13-14-15-16-17-18-19-20-21-22-23-24-25-26-27-28-29-30-31-32-33-34-35-36-37-38-40-42-44-51(56)62-49(47-60-50(55)43-41-39-11-9-7-2)48-61-53(52(57)58)59-46-45-54(3,4)5/h49,53H,6-48H2,1-5H3. The first-order valence-electron chi connectivity index (χ1n) is 26.7. The van der Waals surface area contributed by atoms with Gasteiger partial charge in [0.1, 0.15) is 13.2 Å². The lowest BCUT2D eigenvalue weighted by molar-refractivity contribution is -0.870. The van der Waals surface area contributed by atoms with Crippen molar-refractivity contribution >= 4 is 17.9 Å². The summed E-state index contributed by atoms with van der Waals surface area (Å²) in [5.74, 6) is -2.28. The summed E-state index contributed by atoms with van der Waals surface area (Å²) in [5.41, 5.74) is 0. The first-order chi connectivity index (χ1) is 30.1. The van der Waals surface area contributed by atoms with Crippen molar-refractivity contribution in [2.45, 2.75) is 277 Å². The van der Waals surface area contributed by atoms with Crippen molar-refractivity contribution in [2.24, 2.45) is 0 Å². The Bertz CT molecular complexity index is 985. The fraction of sp³-hybridized carbons (Fsp3) is 0.943. The Morgan fingerprint density at radius 3 is 1.03 bits per heavy atom. The number of rotatable bonds is 50. The topological polar surface area (TPSA) is 111 Å². The van der Waals surface area contributed by atoms with E-state index in [2.05, 4.69) is 13.8 Å². The lowest BCUT2D eigenvalue weighted by Crippen LogP contribution is -2.44. The van der Waals surface area contributed by atoms with Gasteiger partial charge in [0.25, 0.3) is 0 Å². The molecule has 0 aromatic heterocycles. The van der Waals surface area contributed by atoms with Gasteiger partial charge in [-0.2, -0.15) is 0 Å². The molecule has 0 heterocycles. The van der Waals surface area contributed by atoms with Crippen LogP contribution < -0.4 is 5.11 Å². The van der Waals surface area contributed by atoms with Crippen LogP contribution in [-0.4, -0.2) is 82.3 Å². The number of likely N-dealkylation sites (N-methyl/N-ethyl adjacent to an activating group) is 1. The predicted octanol–water partition coefficient (Wildman–Crippen LogP) is 13.5. The van der Waals surface area contributed by atoms with E-state index < -0.39 is 24.3 Å². The van der Waals surface area contributed by atoms with Gasteiger partial charge in [-0.1, -0.05) is 239 Å². The molecule has 368 valence electrons. The molecule has 0 spiro atoms. The smallest absolute Gasteiger partial charge is 0.306 e. The average Bonchev–Trinajstić information content (AvgIpc) is 3.23. The zero-order chi connectivity index (χ0) is 45.6. The molecule has 0 saturated carbocycles. The van der Waals surface area contributed by atoms with E-state index in [-0.39, 0.29) is 32.2 Å². The summed E-state index contributed by atoms with van der Waals surface area (Å²) in [7, 11) is 5.91. The van der Waals surface area contributed by atoms with Gasteiger partial charge >= 0.3 is 11.9 Å². The molecule has 0 rings (SSSR count). The summed E-state index contributed by atoms with van der Waals surface area (Å²) < 4.78 is 22.4. The van der Waals surface area contributed by atoms with Crippen molar-refractivity contribution in [3.63, 3.8) is 0 Å². The molecule has 9 heteroatoms. The number of unbranched alkanes of at least 4 members (excludes halogenated alkanes) is 35. The van der Waals surface area contributed by atoms with Crippen LogP contribution in [-0.2, 0) is 33.3 Å². The van der Waals surface area contributed by atoms with Crippen molar-refractivity contribution in [1.29, 1.82) is 0 Å². The van der Waals surface area contributed by atoms with Crippen LogP contribution in [0, 0.1) is 0 Å². The van der Waals surface area contributed by atoms with E-state index in [0.717, 1.165) is 51.4 Å². The zero-order valence-electron chi connectivity index (χ0n) is 41.8. The van der Waals surface area contributed by atoms with E-state index in [1.165, 1.54) is 186 Å². The number of quaternary nitrogens is 1. The van der Waals surface area contributed by atoms with E-state index in [0.29, 0.717) is 17.4 Å². The van der Waals surface area contributed by atoms with Gasteiger partial charge in [-0.25, -0.2) is 0 Å². The maximum absolute atomic E-state index is 12.7. The summed E-state index contributed by atoms with van der Waals surface area (Å²) >= 11 is 0. The number of aliphatic carboxylic acids is 1. The van der Waals surface area contributed by atoms with Gasteiger partial charge in [-0.15, -0.1) is 0 Å². The third kappa shape index (κ3) is 46.3. The Balaban J connectivity index is 3.85. The number of ether oxygens (including phenoxy) is 4. The summed E-state index contributed by atoms with van der Waals surface area (Å²) in [6.07, 6.45) is 46.6. The molecular formula is C53H103NO8. The lowest BCUT2D eigenvalue weighted by atomic mass is 10.0. The Morgan fingerprint density at radius 2 is 0.726 bits per heavy atom. The number of carboxylic acids is 1. The van der Waals surface area contributed by atoms with Gasteiger partial charge in [-0.05, 0) is 12.8 Å². The number of carboxylic acid groups (broad SMARTS) is 1. The SMILES string of the molecule is CCCCCCCCCCCCCCCCCCCCCCCCCCCCCCCCCCC(=O)OC(COC(=O)CCCCCCC)COC(OCC[N+](C)(C)C)C(=O)[O-]. The van der Waals surface area contributed by atoms with Crippen molar-refractivity contribution < 1.29 is 42.9 Å². The maximum Gasteiger partial charge on any atom is 0.306 e. The normalized spacial score (nSPS) is 12.7. The van der Waals surface area contributed by atoms with E-state index in [9.17, 15) is 19.5 Å². The summed E-state index contributed by atoms with van der Waals surface area (Å²) in [6, 6.07) is 0. The highest BCUT2D eigenvalue weighted by Crippen LogP contribution is 2.18. The molecule has 9 nitrogen and oxygen atoms in total. The maximum atomic E-state index is 12.7. The molecule has 0 bridgehead atoms. The molecule has 0 aliphatic rings. The van der Waals surface area contributed by atoms with Crippen LogP contribution in [0.2, 0.25) is 0 Å². The Hall–Kier alpha value is -1.71. The lowest BCUT2D eigenvalue weighted by Gasteiger charge is -2.26. The summed E-state index contributed by atoms with van der Waals surface area (Å²) in [4.78, 5) is 36.7. The number of nitrogens with zero attached hydrogens (tertiary/aromatic N) is 1. The summed E-state index contributed by atoms with van der Waals surface area (Å²) in [5, 5.41) is 11.6. The molecule has 0 aromatic carbocycles. The van der Waals surface area contributed by atoms with Crippen LogP contribution in [0.3, 0.4) is 0 Å². The van der Waals surface area contributed by atoms with Crippen LogP contribution in [0.1, 0.15) is 264 Å². The molecule has 2 unspecified atom stereocenters. The highest BCUT2D eigenvalue weighted by Gasteiger charge is 2.22. The number of carbonyl (C=O) groups excluding carboxylic acids is 3. The van der Waals surface area contributed by atoms with Crippen LogP contribution >= 0.6 is 0 Å². The largest absolute Gasteiger partial charge is 0.545 e. The minimum absolute atomic E-state index is 0.152. The molecule has 0 N–H and O–H groups in total. The first kappa shape index (κ1) is 60.3. The summed E-state index contributed by atoms with van der Waals surface area (Å²) in [6.45, 7) is 4.69. The molecule has 0 amide bonds. The highest BCUT2D eigenvalue weighted by molar-refractivity contribution is 5.70. The van der Waals surface area contributed by atoms with Crippen LogP contribution in [0.5, 0.6) is 0 Å². The van der Waals surface area contributed by atoms with Crippen LogP contribution in [0.4, 0.5) is 0 Å². The molecule has 0 radical (unpaired) electrons.